The number of carbonyl (C=O) groups is 1. The summed E-state index contributed by atoms with van der Waals surface area (Å²) in [5, 5.41) is 2.92. The lowest BCUT2D eigenvalue weighted by Gasteiger charge is -2.31. The van der Waals surface area contributed by atoms with E-state index in [-0.39, 0.29) is 18.3 Å². The molecule has 0 atom stereocenters. The van der Waals surface area contributed by atoms with Crippen molar-refractivity contribution in [3.8, 4) is 0 Å². The van der Waals surface area contributed by atoms with Crippen LogP contribution >= 0.6 is 39.7 Å². The second-order valence-corrected chi connectivity index (χ2v) is 7.03. The van der Waals surface area contributed by atoms with Crippen molar-refractivity contribution in [1.82, 2.24) is 5.32 Å². The minimum absolute atomic E-state index is 0. The van der Waals surface area contributed by atoms with Crippen LogP contribution in [0.1, 0.15) is 17.7 Å². The van der Waals surface area contributed by atoms with Crippen LogP contribution in [0.25, 0.3) is 0 Å². The fourth-order valence-electron chi connectivity index (χ4n) is 1.92. The van der Waals surface area contributed by atoms with Crippen molar-refractivity contribution in [2.45, 2.75) is 24.8 Å². The van der Waals surface area contributed by atoms with Crippen LogP contribution in [0, 0.1) is 0 Å². The third-order valence-corrected chi connectivity index (χ3v) is 4.81. The molecule has 0 aliphatic carbocycles. The Hall–Kier alpha value is -0.140. The van der Waals surface area contributed by atoms with Crippen LogP contribution < -0.4 is 11.1 Å². The number of halogens is 2. The van der Waals surface area contributed by atoms with E-state index < -0.39 is 5.54 Å². The van der Waals surface area contributed by atoms with Crippen molar-refractivity contribution in [3.05, 3.63) is 20.8 Å². The Kier molecular flexibility index (Phi) is 6.76. The highest BCUT2D eigenvalue weighted by molar-refractivity contribution is 9.11. The minimum Gasteiger partial charge on any atom is -0.381 e. The molecule has 19 heavy (non-hydrogen) atoms. The first-order valence-corrected chi connectivity index (χ1v) is 7.60. The van der Waals surface area contributed by atoms with Crippen molar-refractivity contribution in [2.24, 2.45) is 5.73 Å². The zero-order chi connectivity index (χ0) is 13.0. The number of ether oxygens (including phenoxy) is 1. The summed E-state index contributed by atoms with van der Waals surface area (Å²) in [7, 11) is 0. The zero-order valence-electron chi connectivity index (χ0n) is 10.5. The molecule has 108 valence electrons. The van der Waals surface area contributed by atoms with Gasteiger partial charge in [0.15, 0.2) is 0 Å². The summed E-state index contributed by atoms with van der Waals surface area (Å²) in [5.74, 6) is -0.0542. The van der Waals surface area contributed by atoms with E-state index in [2.05, 4.69) is 27.3 Å². The third kappa shape index (κ3) is 4.72. The van der Waals surface area contributed by atoms with Crippen LogP contribution in [0.4, 0.5) is 0 Å². The second-order valence-electron chi connectivity index (χ2n) is 4.48. The summed E-state index contributed by atoms with van der Waals surface area (Å²) in [6, 6.07) is 4.08. The van der Waals surface area contributed by atoms with Gasteiger partial charge < -0.3 is 15.8 Å². The van der Waals surface area contributed by atoms with E-state index in [1.54, 1.807) is 11.3 Å². The maximum atomic E-state index is 12.0. The molecular weight excluding hydrogens is 352 g/mol. The zero-order valence-corrected chi connectivity index (χ0v) is 13.7. The summed E-state index contributed by atoms with van der Waals surface area (Å²) in [6.07, 6.45) is 2.04. The molecule has 0 unspecified atom stereocenters. The summed E-state index contributed by atoms with van der Waals surface area (Å²) in [4.78, 5) is 13.3. The van der Waals surface area contributed by atoms with Crippen LogP contribution in [-0.4, -0.2) is 31.2 Å². The molecule has 1 fully saturated rings. The Morgan fingerprint density at radius 3 is 2.74 bits per heavy atom. The Morgan fingerprint density at radius 1 is 1.47 bits per heavy atom. The number of amides is 1. The summed E-state index contributed by atoms with van der Waals surface area (Å²) >= 11 is 5.11. The van der Waals surface area contributed by atoms with Crippen LogP contribution in [0.5, 0.6) is 0 Å². The Labute approximate surface area is 131 Å². The monoisotopic (exact) mass is 368 g/mol. The van der Waals surface area contributed by atoms with E-state index in [4.69, 9.17) is 10.5 Å². The summed E-state index contributed by atoms with van der Waals surface area (Å²) in [5.41, 5.74) is 5.35. The van der Waals surface area contributed by atoms with E-state index in [9.17, 15) is 4.79 Å². The third-order valence-electron chi connectivity index (χ3n) is 3.12. The Morgan fingerprint density at radius 2 is 2.16 bits per heavy atom. The first-order chi connectivity index (χ1) is 8.60. The van der Waals surface area contributed by atoms with Gasteiger partial charge in [0.1, 0.15) is 0 Å². The highest BCUT2D eigenvalue weighted by Crippen LogP contribution is 2.22. The van der Waals surface area contributed by atoms with E-state index in [0.29, 0.717) is 32.6 Å². The molecule has 2 heterocycles. The molecule has 1 aliphatic heterocycles. The van der Waals surface area contributed by atoms with Gasteiger partial charge in [0, 0.05) is 24.6 Å². The number of rotatable bonds is 4. The Bertz CT molecular complexity index is 422. The van der Waals surface area contributed by atoms with Gasteiger partial charge in [-0.3, -0.25) is 4.79 Å². The van der Waals surface area contributed by atoms with Gasteiger partial charge in [-0.25, -0.2) is 0 Å². The van der Waals surface area contributed by atoms with Crippen LogP contribution in [0.2, 0.25) is 0 Å². The molecular formula is C12H18BrClN2O2S. The molecule has 0 aromatic carbocycles. The van der Waals surface area contributed by atoms with Crippen molar-refractivity contribution in [3.63, 3.8) is 0 Å². The average molecular weight is 370 g/mol. The molecule has 1 aromatic rings. The molecule has 2 rings (SSSR count). The van der Waals surface area contributed by atoms with Crippen molar-refractivity contribution >= 4 is 45.6 Å². The topological polar surface area (TPSA) is 64.4 Å². The van der Waals surface area contributed by atoms with Gasteiger partial charge in [-0.1, -0.05) is 0 Å². The van der Waals surface area contributed by atoms with E-state index >= 15 is 0 Å². The van der Waals surface area contributed by atoms with Crippen molar-refractivity contribution in [1.29, 1.82) is 0 Å². The molecule has 1 saturated heterocycles. The number of carbonyl (C=O) groups excluding carboxylic acids is 1. The van der Waals surface area contributed by atoms with Gasteiger partial charge in [-0.2, -0.15) is 0 Å². The van der Waals surface area contributed by atoms with E-state index in [1.807, 2.05) is 6.07 Å². The van der Waals surface area contributed by atoms with E-state index in [0.717, 1.165) is 10.2 Å². The van der Waals surface area contributed by atoms with Gasteiger partial charge in [0.2, 0.25) is 5.91 Å². The smallest absolute Gasteiger partial charge is 0.240 e. The molecule has 0 spiro atoms. The maximum absolute atomic E-state index is 12.0. The predicted molar refractivity (Wildman–Crippen MR) is 83.0 cm³/mol. The number of nitrogens with one attached hydrogen (secondary N) is 1. The fraction of sp³-hybridized carbons (Fsp3) is 0.583. The predicted octanol–water partition coefficient (Wildman–Crippen LogP) is 2.10. The SMILES string of the molecule is Cl.NC1(C(=O)NCCc2ccc(Br)s2)CCOCC1. The van der Waals surface area contributed by atoms with Crippen molar-refractivity contribution in [2.75, 3.05) is 19.8 Å². The largest absolute Gasteiger partial charge is 0.381 e. The van der Waals surface area contributed by atoms with Gasteiger partial charge in [-0.15, -0.1) is 23.7 Å². The van der Waals surface area contributed by atoms with Crippen LogP contribution in [0.15, 0.2) is 15.9 Å². The van der Waals surface area contributed by atoms with Crippen molar-refractivity contribution < 1.29 is 9.53 Å². The van der Waals surface area contributed by atoms with Gasteiger partial charge >= 0.3 is 0 Å². The molecule has 1 aliphatic rings. The van der Waals surface area contributed by atoms with Gasteiger partial charge in [0.05, 0.1) is 9.33 Å². The molecule has 1 aromatic heterocycles. The fourth-order valence-corrected chi connectivity index (χ4v) is 3.41. The molecule has 0 radical (unpaired) electrons. The quantitative estimate of drug-likeness (QED) is 0.854. The molecule has 0 bridgehead atoms. The molecule has 0 saturated carbocycles. The van der Waals surface area contributed by atoms with Crippen LogP contribution in [0.3, 0.4) is 0 Å². The first kappa shape index (κ1) is 16.9. The normalized spacial score (nSPS) is 17.6. The first-order valence-electron chi connectivity index (χ1n) is 5.99. The average Bonchev–Trinajstić information content (AvgIpc) is 2.76. The lowest BCUT2D eigenvalue weighted by molar-refractivity contribution is -0.129. The maximum Gasteiger partial charge on any atom is 0.240 e. The standard InChI is InChI=1S/C12H17BrN2O2S.ClH/c13-10-2-1-9(18-10)3-6-15-11(16)12(14)4-7-17-8-5-12;/h1-2H,3-8,14H2,(H,15,16);1H. The molecule has 3 N–H and O–H groups in total. The molecule has 7 heteroatoms. The van der Waals surface area contributed by atoms with E-state index in [1.165, 1.54) is 4.88 Å². The Balaban J connectivity index is 0.00000180. The van der Waals surface area contributed by atoms with Gasteiger partial charge in [-0.05, 0) is 47.3 Å². The molecule has 1 amide bonds. The lowest BCUT2D eigenvalue weighted by Crippen LogP contribution is -2.57. The summed E-state index contributed by atoms with van der Waals surface area (Å²) in [6.45, 7) is 1.77. The molecule has 4 nitrogen and oxygen atoms in total. The minimum atomic E-state index is -0.742. The number of hydrogen-bond acceptors (Lipinski definition) is 4. The highest BCUT2D eigenvalue weighted by atomic mass is 79.9. The van der Waals surface area contributed by atoms with Crippen LogP contribution in [-0.2, 0) is 16.0 Å². The number of nitrogens with two attached hydrogens (primary N) is 1. The lowest BCUT2D eigenvalue weighted by atomic mass is 9.90. The summed E-state index contributed by atoms with van der Waals surface area (Å²) < 4.78 is 6.34. The highest BCUT2D eigenvalue weighted by Gasteiger charge is 2.35. The second kappa shape index (κ2) is 7.59. The van der Waals surface area contributed by atoms with Gasteiger partial charge in [0.25, 0.3) is 0 Å². The number of thiophene rings is 1. The number of hydrogen-bond donors (Lipinski definition) is 2.